The van der Waals surface area contributed by atoms with Gasteiger partial charge in [0.05, 0.1) is 5.02 Å². The fourth-order valence-electron chi connectivity index (χ4n) is 2.29. The minimum Gasteiger partial charge on any atom is -0.455 e. The second-order valence-corrected chi connectivity index (χ2v) is 5.03. The lowest BCUT2D eigenvalue weighted by atomic mass is 10.0. The Kier molecular flexibility index (Phi) is 3.05. The van der Waals surface area contributed by atoms with Gasteiger partial charge in [0.15, 0.2) is 5.58 Å². The van der Waals surface area contributed by atoms with Gasteiger partial charge in [0.1, 0.15) is 5.76 Å². The lowest BCUT2D eigenvalue weighted by molar-refractivity contribution is 0.631. The van der Waals surface area contributed by atoms with Gasteiger partial charge in [-0.2, -0.15) is 0 Å². The molecular weight excluding hydrogens is 258 g/mol. The first-order valence-corrected chi connectivity index (χ1v) is 6.55. The van der Waals surface area contributed by atoms with Gasteiger partial charge in [0.2, 0.25) is 0 Å². The zero-order valence-electron chi connectivity index (χ0n) is 10.6. The maximum Gasteiger partial charge on any atom is 0.153 e. The van der Waals surface area contributed by atoms with Crippen LogP contribution in [0.2, 0.25) is 5.02 Å². The molecule has 3 aromatic rings. The molecule has 1 heterocycles. The highest BCUT2D eigenvalue weighted by molar-refractivity contribution is 6.34. The number of rotatable bonds is 2. The molecule has 0 bridgehead atoms. The first-order valence-electron chi connectivity index (χ1n) is 6.17. The molecule has 0 aliphatic rings. The van der Waals surface area contributed by atoms with Crippen LogP contribution in [0.25, 0.3) is 22.3 Å². The molecule has 0 amide bonds. The summed E-state index contributed by atoms with van der Waals surface area (Å²) in [5.41, 5.74) is 9.73. The van der Waals surface area contributed by atoms with Gasteiger partial charge >= 0.3 is 0 Å². The van der Waals surface area contributed by atoms with Gasteiger partial charge in [0.25, 0.3) is 0 Å². The Morgan fingerprint density at radius 1 is 1.16 bits per heavy atom. The summed E-state index contributed by atoms with van der Waals surface area (Å²) >= 11 is 6.14. The van der Waals surface area contributed by atoms with E-state index in [0.29, 0.717) is 11.6 Å². The van der Waals surface area contributed by atoms with E-state index in [4.69, 9.17) is 21.8 Å². The number of aryl methyl sites for hydroxylation is 1. The van der Waals surface area contributed by atoms with Crippen molar-refractivity contribution < 1.29 is 4.42 Å². The molecule has 0 spiro atoms. The van der Waals surface area contributed by atoms with E-state index in [2.05, 4.69) is 13.0 Å². The average Bonchev–Trinajstić information content (AvgIpc) is 2.83. The Hall–Kier alpha value is -1.77. The van der Waals surface area contributed by atoms with Crippen LogP contribution in [0.4, 0.5) is 0 Å². The number of hydrogen-bond acceptors (Lipinski definition) is 2. The van der Waals surface area contributed by atoms with Crippen molar-refractivity contribution in [3.63, 3.8) is 0 Å². The van der Waals surface area contributed by atoms with E-state index in [1.165, 1.54) is 0 Å². The quantitative estimate of drug-likeness (QED) is 0.744. The van der Waals surface area contributed by atoms with Crippen LogP contribution in [0.1, 0.15) is 11.1 Å². The third-order valence-corrected chi connectivity index (χ3v) is 3.59. The molecule has 0 radical (unpaired) electrons. The van der Waals surface area contributed by atoms with Crippen molar-refractivity contribution in [2.75, 3.05) is 0 Å². The van der Waals surface area contributed by atoms with Crippen molar-refractivity contribution >= 4 is 22.6 Å². The predicted molar refractivity (Wildman–Crippen MR) is 79.3 cm³/mol. The van der Waals surface area contributed by atoms with Crippen LogP contribution in [-0.2, 0) is 6.54 Å². The van der Waals surface area contributed by atoms with Gasteiger partial charge in [-0.05, 0) is 30.2 Å². The van der Waals surface area contributed by atoms with E-state index in [9.17, 15) is 0 Å². The molecule has 1 aromatic heterocycles. The first kappa shape index (κ1) is 12.3. The number of para-hydroxylation sites is 1. The molecule has 2 N–H and O–H groups in total. The Balaban J connectivity index is 2.16. The third-order valence-electron chi connectivity index (χ3n) is 3.29. The van der Waals surface area contributed by atoms with Gasteiger partial charge in [0, 0.05) is 17.5 Å². The SMILES string of the molecule is Cc1cc(CN)ccc1-c1cc2cccc(Cl)c2o1. The molecule has 2 aromatic carbocycles. The van der Waals surface area contributed by atoms with Gasteiger partial charge in [-0.3, -0.25) is 0 Å². The van der Waals surface area contributed by atoms with Crippen LogP contribution >= 0.6 is 11.6 Å². The second kappa shape index (κ2) is 4.72. The van der Waals surface area contributed by atoms with E-state index in [0.717, 1.165) is 33.4 Å². The summed E-state index contributed by atoms with van der Waals surface area (Å²) in [6.07, 6.45) is 0. The zero-order chi connectivity index (χ0) is 13.4. The zero-order valence-corrected chi connectivity index (χ0v) is 11.4. The third kappa shape index (κ3) is 2.14. The number of hydrogen-bond donors (Lipinski definition) is 1. The van der Waals surface area contributed by atoms with Gasteiger partial charge in [-0.1, -0.05) is 41.9 Å². The van der Waals surface area contributed by atoms with Crippen molar-refractivity contribution in [2.45, 2.75) is 13.5 Å². The van der Waals surface area contributed by atoms with Crippen LogP contribution < -0.4 is 5.73 Å². The topological polar surface area (TPSA) is 39.2 Å². The number of furan rings is 1. The summed E-state index contributed by atoms with van der Waals surface area (Å²) in [5.74, 6) is 0.837. The molecule has 0 saturated heterocycles. The fourth-order valence-corrected chi connectivity index (χ4v) is 2.51. The lowest BCUT2D eigenvalue weighted by Crippen LogP contribution is -1.96. The molecule has 0 aliphatic carbocycles. The molecule has 3 heteroatoms. The van der Waals surface area contributed by atoms with E-state index in [1.807, 2.05) is 36.4 Å². The summed E-state index contributed by atoms with van der Waals surface area (Å²) in [6.45, 7) is 2.61. The van der Waals surface area contributed by atoms with E-state index in [1.54, 1.807) is 0 Å². The normalized spacial score (nSPS) is 11.1. The first-order chi connectivity index (χ1) is 9.19. The summed E-state index contributed by atoms with van der Waals surface area (Å²) in [5, 5.41) is 1.66. The van der Waals surface area contributed by atoms with E-state index in [-0.39, 0.29) is 0 Å². The molecule has 96 valence electrons. The highest BCUT2D eigenvalue weighted by Crippen LogP contribution is 2.33. The standard InChI is InChI=1S/C16H14ClNO/c1-10-7-11(9-18)5-6-13(10)15-8-12-3-2-4-14(17)16(12)19-15/h2-8H,9,18H2,1H3. The molecule has 2 nitrogen and oxygen atoms in total. The van der Waals surface area contributed by atoms with Gasteiger partial charge in [-0.25, -0.2) is 0 Å². The summed E-state index contributed by atoms with van der Waals surface area (Å²) < 4.78 is 5.88. The summed E-state index contributed by atoms with van der Waals surface area (Å²) in [6, 6.07) is 13.9. The summed E-state index contributed by atoms with van der Waals surface area (Å²) in [4.78, 5) is 0. The number of benzene rings is 2. The summed E-state index contributed by atoms with van der Waals surface area (Å²) in [7, 11) is 0. The Morgan fingerprint density at radius 2 is 2.00 bits per heavy atom. The van der Waals surface area contributed by atoms with Crippen LogP contribution in [-0.4, -0.2) is 0 Å². The van der Waals surface area contributed by atoms with Crippen molar-refractivity contribution in [1.82, 2.24) is 0 Å². The average molecular weight is 272 g/mol. The minimum absolute atomic E-state index is 0.549. The second-order valence-electron chi connectivity index (χ2n) is 4.62. The molecular formula is C16H14ClNO. The Morgan fingerprint density at radius 3 is 2.68 bits per heavy atom. The van der Waals surface area contributed by atoms with E-state index < -0.39 is 0 Å². The number of fused-ring (bicyclic) bond motifs is 1. The van der Waals surface area contributed by atoms with Crippen molar-refractivity contribution in [1.29, 1.82) is 0 Å². The molecule has 0 atom stereocenters. The highest BCUT2D eigenvalue weighted by atomic mass is 35.5. The molecule has 0 fully saturated rings. The van der Waals surface area contributed by atoms with Crippen molar-refractivity contribution in [3.05, 3.63) is 58.6 Å². The van der Waals surface area contributed by atoms with Crippen LogP contribution in [0.3, 0.4) is 0 Å². The highest BCUT2D eigenvalue weighted by Gasteiger charge is 2.10. The van der Waals surface area contributed by atoms with Crippen LogP contribution in [0, 0.1) is 6.92 Å². The van der Waals surface area contributed by atoms with Crippen LogP contribution in [0.5, 0.6) is 0 Å². The number of nitrogens with two attached hydrogens (primary N) is 1. The molecule has 19 heavy (non-hydrogen) atoms. The van der Waals surface area contributed by atoms with Crippen molar-refractivity contribution in [3.8, 4) is 11.3 Å². The molecule has 0 saturated carbocycles. The minimum atomic E-state index is 0.549. The largest absolute Gasteiger partial charge is 0.455 e. The van der Waals surface area contributed by atoms with Crippen molar-refractivity contribution in [2.24, 2.45) is 5.73 Å². The Bertz CT molecular complexity index is 746. The fraction of sp³-hybridized carbons (Fsp3) is 0.125. The Labute approximate surface area is 116 Å². The smallest absolute Gasteiger partial charge is 0.153 e. The van der Waals surface area contributed by atoms with Gasteiger partial charge in [-0.15, -0.1) is 0 Å². The van der Waals surface area contributed by atoms with Crippen LogP contribution in [0.15, 0.2) is 46.9 Å². The maximum atomic E-state index is 6.14. The van der Waals surface area contributed by atoms with E-state index >= 15 is 0 Å². The molecule has 0 aliphatic heterocycles. The monoisotopic (exact) mass is 271 g/mol. The predicted octanol–water partition coefficient (Wildman–Crippen LogP) is 4.52. The maximum absolute atomic E-state index is 6.14. The molecule has 0 unspecified atom stereocenters. The molecule has 3 rings (SSSR count). The number of halogens is 1. The van der Waals surface area contributed by atoms with Gasteiger partial charge < -0.3 is 10.2 Å². The lowest BCUT2D eigenvalue weighted by Gasteiger charge is -2.04.